The van der Waals surface area contributed by atoms with Crippen molar-refractivity contribution in [3.05, 3.63) is 11.9 Å². The summed E-state index contributed by atoms with van der Waals surface area (Å²) in [5.41, 5.74) is 0. The number of aromatic nitrogens is 2. The summed E-state index contributed by atoms with van der Waals surface area (Å²) in [6, 6.07) is 2.37. The van der Waals surface area contributed by atoms with E-state index in [0.717, 1.165) is 49.9 Å². The second-order valence-electron chi connectivity index (χ2n) is 5.90. The first-order chi connectivity index (χ1) is 10.2. The van der Waals surface area contributed by atoms with Gasteiger partial charge in [-0.15, -0.1) is 0 Å². The normalized spacial score (nSPS) is 25.2. The number of carbonyl (C=O) groups is 1. The van der Waals surface area contributed by atoms with Crippen molar-refractivity contribution >= 4 is 17.5 Å². The third-order valence-corrected chi connectivity index (χ3v) is 4.33. The first-order valence-corrected chi connectivity index (χ1v) is 7.79. The topological polar surface area (TPSA) is 70.2 Å². The van der Waals surface area contributed by atoms with Crippen LogP contribution in [0.3, 0.4) is 0 Å². The van der Waals surface area contributed by atoms with Crippen LogP contribution in [0.5, 0.6) is 0 Å². The number of hydrogen-bond acceptors (Lipinski definition) is 5. The fourth-order valence-electron chi connectivity index (χ4n) is 3.30. The van der Waals surface area contributed by atoms with Crippen LogP contribution in [0.1, 0.15) is 32.0 Å². The van der Waals surface area contributed by atoms with E-state index in [2.05, 4.69) is 32.4 Å². The predicted molar refractivity (Wildman–Crippen MR) is 82.4 cm³/mol. The minimum atomic E-state index is 0.206. The standard InChI is InChI=1S/C15H23N5O/c1-3-16-13-8-14(18-10(2)17-13)20-7-6-12-11(9-20)4-5-15(21)19-12/h8,11-12H,3-7,9H2,1-2H3,(H,19,21)(H,16,17,18). The van der Waals surface area contributed by atoms with Crippen molar-refractivity contribution in [3.8, 4) is 0 Å². The first kappa shape index (κ1) is 14.1. The third kappa shape index (κ3) is 3.09. The highest BCUT2D eigenvalue weighted by Gasteiger charge is 2.34. The van der Waals surface area contributed by atoms with Gasteiger partial charge in [0.1, 0.15) is 17.5 Å². The molecule has 0 radical (unpaired) electrons. The minimum absolute atomic E-state index is 0.206. The van der Waals surface area contributed by atoms with Crippen LogP contribution < -0.4 is 15.5 Å². The van der Waals surface area contributed by atoms with Gasteiger partial charge in [-0.3, -0.25) is 4.79 Å². The van der Waals surface area contributed by atoms with Gasteiger partial charge < -0.3 is 15.5 Å². The Balaban J connectivity index is 1.74. The zero-order valence-corrected chi connectivity index (χ0v) is 12.7. The van der Waals surface area contributed by atoms with Crippen LogP contribution in [0.2, 0.25) is 0 Å². The Kier molecular flexibility index (Phi) is 3.94. The number of carbonyl (C=O) groups excluding carboxylic acids is 1. The van der Waals surface area contributed by atoms with E-state index in [9.17, 15) is 4.79 Å². The number of aryl methyl sites for hydroxylation is 1. The Morgan fingerprint density at radius 3 is 3.10 bits per heavy atom. The SMILES string of the molecule is CCNc1cc(N2CCC3NC(=O)CCC3C2)nc(C)n1. The average molecular weight is 289 g/mol. The molecule has 2 aliphatic rings. The second kappa shape index (κ2) is 5.87. The Hall–Kier alpha value is -1.85. The van der Waals surface area contributed by atoms with Crippen LogP contribution in [0, 0.1) is 12.8 Å². The largest absolute Gasteiger partial charge is 0.370 e. The minimum Gasteiger partial charge on any atom is -0.370 e. The Bertz CT molecular complexity index is 533. The molecule has 6 nitrogen and oxygen atoms in total. The smallest absolute Gasteiger partial charge is 0.220 e. The van der Waals surface area contributed by atoms with Gasteiger partial charge in [-0.2, -0.15) is 0 Å². The summed E-state index contributed by atoms with van der Waals surface area (Å²) in [5.74, 6) is 3.42. The van der Waals surface area contributed by atoms with Crippen molar-refractivity contribution in [3.63, 3.8) is 0 Å². The molecule has 2 N–H and O–H groups in total. The molecule has 21 heavy (non-hydrogen) atoms. The number of fused-ring (bicyclic) bond motifs is 1. The highest BCUT2D eigenvalue weighted by molar-refractivity contribution is 5.77. The van der Waals surface area contributed by atoms with Crippen molar-refractivity contribution in [2.75, 3.05) is 29.9 Å². The molecule has 114 valence electrons. The molecule has 0 saturated carbocycles. The molecule has 3 rings (SSSR count). The molecule has 2 aliphatic heterocycles. The lowest BCUT2D eigenvalue weighted by Gasteiger charge is -2.42. The molecule has 2 unspecified atom stereocenters. The van der Waals surface area contributed by atoms with Gasteiger partial charge in [0.15, 0.2) is 0 Å². The van der Waals surface area contributed by atoms with E-state index in [1.54, 1.807) is 0 Å². The number of nitrogens with zero attached hydrogens (tertiary/aromatic N) is 3. The summed E-state index contributed by atoms with van der Waals surface area (Å²) in [6.07, 6.45) is 2.63. The van der Waals surface area contributed by atoms with Crippen molar-refractivity contribution < 1.29 is 4.79 Å². The highest BCUT2D eigenvalue weighted by Crippen LogP contribution is 2.28. The molecule has 6 heteroatoms. The maximum absolute atomic E-state index is 11.5. The molecule has 0 bridgehead atoms. The molecule has 1 aromatic rings. The number of anilines is 2. The maximum atomic E-state index is 11.5. The van der Waals surface area contributed by atoms with Crippen molar-refractivity contribution in [2.45, 2.75) is 39.2 Å². The number of nitrogens with one attached hydrogen (secondary N) is 2. The zero-order chi connectivity index (χ0) is 14.8. The molecule has 2 saturated heterocycles. The van der Waals surface area contributed by atoms with E-state index in [1.165, 1.54) is 0 Å². The Morgan fingerprint density at radius 2 is 2.29 bits per heavy atom. The van der Waals surface area contributed by atoms with Gasteiger partial charge >= 0.3 is 0 Å². The molecule has 1 amide bonds. The summed E-state index contributed by atoms with van der Waals surface area (Å²) in [5, 5.41) is 6.38. The monoisotopic (exact) mass is 289 g/mol. The molecule has 0 spiro atoms. The summed E-state index contributed by atoms with van der Waals surface area (Å²) in [4.78, 5) is 22.8. The van der Waals surface area contributed by atoms with E-state index >= 15 is 0 Å². The predicted octanol–water partition coefficient (Wildman–Crippen LogP) is 1.32. The van der Waals surface area contributed by atoms with Gasteiger partial charge in [0.25, 0.3) is 0 Å². The fourth-order valence-corrected chi connectivity index (χ4v) is 3.30. The lowest BCUT2D eigenvalue weighted by molar-refractivity contribution is -0.124. The maximum Gasteiger partial charge on any atom is 0.220 e. The first-order valence-electron chi connectivity index (χ1n) is 7.79. The number of hydrogen-bond donors (Lipinski definition) is 2. The van der Waals surface area contributed by atoms with E-state index in [-0.39, 0.29) is 5.91 Å². The quantitative estimate of drug-likeness (QED) is 0.878. The van der Waals surface area contributed by atoms with E-state index < -0.39 is 0 Å². The van der Waals surface area contributed by atoms with Crippen LogP contribution >= 0.6 is 0 Å². The van der Waals surface area contributed by atoms with Gasteiger partial charge in [0.2, 0.25) is 5.91 Å². The molecule has 2 atom stereocenters. The summed E-state index contributed by atoms with van der Waals surface area (Å²) >= 11 is 0. The van der Waals surface area contributed by atoms with Gasteiger partial charge in [-0.05, 0) is 32.6 Å². The molecule has 2 fully saturated rings. The van der Waals surface area contributed by atoms with E-state index in [0.29, 0.717) is 18.4 Å². The van der Waals surface area contributed by atoms with Crippen molar-refractivity contribution in [1.29, 1.82) is 0 Å². The zero-order valence-electron chi connectivity index (χ0n) is 12.7. The fraction of sp³-hybridized carbons (Fsp3) is 0.667. The van der Waals surface area contributed by atoms with Gasteiger partial charge in [0.05, 0.1) is 0 Å². The number of piperidine rings is 2. The van der Waals surface area contributed by atoms with E-state index in [1.807, 2.05) is 13.0 Å². The van der Waals surface area contributed by atoms with Crippen LogP contribution in [-0.4, -0.2) is 41.6 Å². The van der Waals surface area contributed by atoms with E-state index in [4.69, 9.17) is 0 Å². The second-order valence-corrected chi connectivity index (χ2v) is 5.90. The van der Waals surface area contributed by atoms with Crippen molar-refractivity contribution in [2.24, 2.45) is 5.92 Å². The molecule has 1 aromatic heterocycles. The molecule has 0 aromatic carbocycles. The Labute approximate surface area is 125 Å². The lowest BCUT2D eigenvalue weighted by atomic mass is 9.85. The molecule has 3 heterocycles. The third-order valence-electron chi connectivity index (χ3n) is 4.33. The number of rotatable bonds is 3. The van der Waals surface area contributed by atoms with Crippen molar-refractivity contribution in [1.82, 2.24) is 15.3 Å². The highest BCUT2D eigenvalue weighted by atomic mass is 16.1. The summed E-state index contributed by atoms with van der Waals surface area (Å²) < 4.78 is 0. The molecular formula is C15H23N5O. The lowest BCUT2D eigenvalue weighted by Crippen LogP contribution is -2.54. The van der Waals surface area contributed by atoms with Crippen LogP contribution in [0.25, 0.3) is 0 Å². The summed E-state index contributed by atoms with van der Waals surface area (Å²) in [6.45, 7) is 6.74. The number of amides is 1. The molecule has 0 aliphatic carbocycles. The van der Waals surface area contributed by atoms with Crippen LogP contribution in [0.15, 0.2) is 6.07 Å². The average Bonchev–Trinajstić information content (AvgIpc) is 2.46. The van der Waals surface area contributed by atoms with Gasteiger partial charge in [0, 0.05) is 38.2 Å². The van der Waals surface area contributed by atoms with Crippen LogP contribution in [0.4, 0.5) is 11.6 Å². The summed E-state index contributed by atoms with van der Waals surface area (Å²) in [7, 11) is 0. The molecular weight excluding hydrogens is 266 g/mol. The Morgan fingerprint density at radius 1 is 1.43 bits per heavy atom. The van der Waals surface area contributed by atoms with Gasteiger partial charge in [-0.1, -0.05) is 0 Å². The van der Waals surface area contributed by atoms with Gasteiger partial charge in [-0.25, -0.2) is 9.97 Å². The van der Waals surface area contributed by atoms with Crippen LogP contribution in [-0.2, 0) is 4.79 Å².